The van der Waals surface area contributed by atoms with E-state index >= 15 is 0 Å². The standard InChI is InChI=1S/C33H57N3O9/c1-22(2)16-14-12-10-8-7-9-11-13-15-17-23(3)30-24(4)31(41)34-25(21-37)18-19-27(39)36(5)20-26(38)35-28(32(42)45-30)29(40)33(43)44-6/h18-19,22-25,28-30,37,40H,7-17,20-21H2,1-6H3,(H,34,41)(H,35,38)/b19-18+/t23-,24+,25+,28-,29-,30+/m1/s1. The van der Waals surface area contributed by atoms with Crippen LogP contribution in [0.1, 0.15) is 98.3 Å². The number of hydrogen-bond acceptors (Lipinski definition) is 9. The summed E-state index contributed by atoms with van der Waals surface area (Å²) in [6, 6.07) is -2.73. The Bertz CT molecular complexity index is 971. The first-order valence-electron chi connectivity index (χ1n) is 16.4. The van der Waals surface area contributed by atoms with Crippen molar-refractivity contribution in [2.75, 3.05) is 27.3 Å². The quantitative estimate of drug-likeness (QED) is 0.146. The largest absolute Gasteiger partial charge is 0.467 e. The van der Waals surface area contributed by atoms with Crippen LogP contribution in [0.25, 0.3) is 0 Å². The molecule has 0 radical (unpaired) electrons. The first kappa shape index (κ1) is 40.0. The Labute approximate surface area is 268 Å². The first-order chi connectivity index (χ1) is 21.3. The molecule has 0 aromatic rings. The van der Waals surface area contributed by atoms with Gasteiger partial charge < -0.3 is 35.2 Å². The number of rotatable bonds is 16. The SMILES string of the molecule is COC(=O)[C@H](O)[C@H]1NC(=O)CN(C)C(=O)/C=C/[C@@H](CO)NC(=O)[C@@H](C)[C@H]([C@H](C)CCCCCCCCCCCC(C)C)OC1=O. The molecule has 0 aromatic carbocycles. The summed E-state index contributed by atoms with van der Waals surface area (Å²) in [5, 5.41) is 25.3. The van der Waals surface area contributed by atoms with Crippen LogP contribution in [-0.4, -0.2) is 96.4 Å². The maximum Gasteiger partial charge on any atom is 0.337 e. The Morgan fingerprint density at radius 1 is 0.978 bits per heavy atom. The number of nitrogens with one attached hydrogen (secondary N) is 2. The van der Waals surface area contributed by atoms with Crippen LogP contribution >= 0.6 is 0 Å². The molecule has 1 aliphatic heterocycles. The number of aliphatic hydroxyl groups excluding tert-OH is 2. The molecule has 1 rings (SSSR count). The highest BCUT2D eigenvalue weighted by atomic mass is 16.6. The summed E-state index contributed by atoms with van der Waals surface area (Å²) in [5.74, 6) is -4.70. The molecule has 1 aliphatic rings. The van der Waals surface area contributed by atoms with Crippen LogP contribution in [-0.2, 0) is 33.4 Å². The molecule has 0 aromatic heterocycles. The zero-order chi connectivity index (χ0) is 33.9. The lowest BCUT2D eigenvalue weighted by molar-refractivity contribution is -0.169. The van der Waals surface area contributed by atoms with Crippen molar-refractivity contribution in [1.82, 2.24) is 15.5 Å². The van der Waals surface area contributed by atoms with Gasteiger partial charge in [-0.2, -0.15) is 0 Å². The molecule has 12 heteroatoms. The lowest BCUT2D eigenvalue weighted by Gasteiger charge is -2.31. The number of carbonyl (C=O) groups is 5. The Balaban J connectivity index is 3.00. The molecule has 1 heterocycles. The topological polar surface area (TPSA) is 172 Å². The fourth-order valence-electron chi connectivity index (χ4n) is 5.32. The zero-order valence-electron chi connectivity index (χ0n) is 28.1. The lowest BCUT2D eigenvalue weighted by atomic mass is 9.88. The predicted octanol–water partition coefficient (Wildman–Crippen LogP) is 2.64. The van der Waals surface area contributed by atoms with E-state index in [0.717, 1.165) is 49.7 Å². The Morgan fingerprint density at radius 2 is 1.53 bits per heavy atom. The number of methoxy groups -OCH3 is 1. The van der Waals surface area contributed by atoms with Crippen molar-refractivity contribution in [2.24, 2.45) is 17.8 Å². The fraction of sp³-hybridized carbons (Fsp3) is 0.788. The van der Waals surface area contributed by atoms with Crippen LogP contribution in [0.15, 0.2) is 12.2 Å². The third-order valence-corrected chi connectivity index (χ3v) is 8.24. The second kappa shape index (κ2) is 21.7. The van der Waals surface area contributed by atoms with E-state index in [1.54, 1.807) is 6.92 Å². The normalized spacial score (nSPS) is 24.2. The minimum atomic E-state index is -2.09. The molecule has 0 saturated heterocycles. The highest BCUT2D eigenvalue weighted by Gasteiger charge is 2.40. The smallest absolute Gasteiger partial charge is 0.337 e. The van der Waals surface area contributed by atoms with E-state index in [0.29, 0.717) is 6.42 Å². The van der Waals surface area contributed by atoms with Gasteiger partial charge in [-0.1, -0.05) is 98.0 Å². The van der Waals surface area contributed by atoms with E-state index in [-0.39, 0.29) is 5.92 Å². The number of hydrogen-bond donors (Lipinski definition) is 4. The number of ether oxygens (including phenoxy) is 2. The molecule has 0 aliphatic carbocycles. The number of esters is 2. The Morgan fingerprint density at radius 3 is 2.07 bits per heavy atom. The van der Waals surface area contributed by atoms with Crippen LogP contribution in [0.3, 0.4) is 0 Å². The third kappa shape index (κ3) is 15.2. The summed E-state index contributed by atoms with van der Waals surface area (Å²) in [6.07, 6.45) is 11.6. The number of cyclic esters (lactones) is 1. The molecular formula is C33H57N3O9. The minimum absolute atomic E-state index is 0.297. The number of amides is 3. The number of likely N-dealkylation sites (N-methyl/N-ethyl adjacent to an activating group) is 1. The maximum absolute atomic E-state index is 13.4. The van der Waals surface area contributed by atoms with Crippen LogP contribution in [0, 0.1) is 17.8 Å². The minimum Gasteiger partial charge on any atom is -0.467 e. The van der Waals surface area contributed by atoms with E-state index < -0.39 is 73.0 Å². The number of nitrogens with zero attached hydrogens (tertiary/aromatic N) is 1. The second-order valence-corrected chi connectivity index (χ2v) is 12.7. The highest BCUT2D eigenvalue weighted by Crippen LogP contribution is 2.25. The van der Waals surface area contributed by atoms with Crippen LogP contribution in [0.4, 0.5) is 0 Å². The Hall–Kier alpha value is -2.99. The van der Waals surface area contributed by atoms with Crippen LogP contribution < -0.4 is 10.6 Å². The molecular weight excluding hydrogens is 582 g/mol. The van der Waals surface area contributed by atoms with Gasteiger partial charge in [-0.05, 0) is 18.3 Å². The molecule has 0 bridgehead atoms. The van der Waals surface area contributed by atoms with Gasteiger partial charge in [0, 0.05) is 13.1 Å². The molecule has 4 N–H and O–H groups in total. The van der Waals surface area contributed by atoms with E-state index in [4.69, 9.17) is 4.74 Å². The monoisotopic (exact) mass is 639 g/mol. The summed E-state index contributed by atoms with van der Waals surface area (Å²) < 4.78 is 10.3. The van der Waals surface area contributed by atoms with Crippen LogP contribution in [0.2, 0.25) is 0 Å². The molecule has 45 heavy (non-hydrogen) atoms. The van der Waals surface area contributed by atoms with Gasteiger partial charge in [-0.3, -0.25) is 14.4 Å². The predicted molar refractivity (Wildman–Crippen MR) is 170 cm³/mol. The molecule has 0 unspecified atom stereocenters. The van der Waals surface area contributed by atoms with E-state index in [2.05, 4.69) is 29.2 Å². The van der Waals surface area contributed by atoms with Crippen LogP contribution in [0.5, 0.6) is 0 Å². The fourth-order valence-corrected chi connectivity index (χ4v) is 5.32. The van der Waals surface area contributed by atoms with Gasteiger partial charge in [0.1, 0.15) is 6.10 Å². The molecule has 0 fully saturated rings. The van der Waals surface area contributed by atoms with Crippen molar-refractivity contribution in [3.63, 3.8) is 0 Å². The zero-order valence-corrected chi connectivity index (χ0v) is 28.1. The van der Waals surface area contributed by atoms with Gasteiger partial charge in [0.15, 0.2) is 12.1 Å². The summed E-state index contributed by atoms with van der Waals surface area (Å²) in [4.78, 5) is 65.0. The average Bonchev–Trinajstić information content (AvgIpc) is 3.00. The van der Waals surface area contributed by atoms with Crippen molar-refractivity contribution in [1.29, 1.82) is 0 Å². The number of unbranched alkanes of at least 4 members (excludes halogenated alkanes) is 8. The van der Waals surface area contributed by atoms with Gasteiger partial charge in [-0.25, -0.2) is 9.59 Å². The molecule has 0 saturated carbocycles. The maximum atomic E-state index is 13.4. The highest BCUT2D eigenvalue weighted by molar-refractivity contribution is 5.94. The van der Waals surface area contributed by atoms with E-state index in [9.17, 15) is 34.2 Å². The summed E-state index contributed by atoms with van der Waals surface area (Å²) >= 11 is 0. The summed E-state index contributed by atoms with van der Waals surface area (Å²) in [7, 11) is 2.35. The first-order valence-corrected chi connectivity index (χ1v) is 16.4. The van der Waals surface area contributed by atoms with Gasteiger partial charge in [0.2, 0.25) is 17.7 Å². The Kier molecular flexibility index (Phi) is 19.3. The molecule has 6 atom stereocenters. The van der Waals surface area contributed by atoms with Crippen molar-refractivity contribution in [2.45, 2.75) is 123 Å². The van der Waals surface area contributed by atoms with Crippen molar-refractivity contribution in [3.05, 3.63) is 12.2 Å². The van der Waals surface area contributed by atoms with Gasteiger partial charge in [0.25, 0.3) is 0 Å². The van der Waals surface area contributed by atoms with Gasteiger partial charge >= 0.3 is 11.9 Å². The lowest BCUT2D eigenvalue weighted by Crippen LogP contribution is -2.56. The summed E-state index contributed by atoms with van der Waals surface area (Å²) in [5.41, 5.74) is 0. The molecule has 258 valence electrons. The second-order valence-electron chi connectivity index (χ2n) is 12.7. The average molecular weight is 640 g/mol. The van der Waals surface area contributed by atoms with E-state index in [1.165, 1.54) is 51.6 Å². The number of aliphatic hydroxyl groups is 2. The van der Waals surface area contributed by atoms with Gasteiger partial charge in [-0.15, -0.1) is 0 Å². The third-order valence-electron chi connectivity index (χ3n) is 8.24. The molecule has 12 nitrogen and oxygen atoms in total. The number of carbonyl (C=O) groups excluding carboxylic acids is 5. The van der Waals surface area contributed by atoms with Crippen molar-refractivity contribution in [3.8, 4) is 0 Å². The molecule has 0 spiro atoms. The van der Waals surface area contributed by atoms with Crippen molar-refractivity contribution < 1.29 is 43.7 Å². The van der Waals surface area contributed by atoms with Gasteiger partial charge in [0.05, 0.1) is 32.2 Å². The van der Waals surface area contributed by atoms with E-state index in [1.807, 2.05) is 6.92 Å². The summed E-state index contributed by atoms with van der Waals surface area (Å²) in [6.45, 7) is 6.94. The molecule has 3 amide bonds. The van der Waals surface area contributed by atoms with Crippen molar-refractivity contribution >= 4 is 29.7 Å².